The molecule has 0 unspecified atom stereocenters. The zero-order valence-electron chi connectivity index (χ0n) is 18.3. The fourth-order valence-corrected chi connectivity index (χ4v) is 4.74. The van der Waals surface area contributed by atoms with Crippen molar-refractivity contribution in [3.63, 3.8) is 0 Å². The summed E-state index contributed by atoms with van der Waals surface area (Å²) in [5, 5.41) is 5.44. The van der Waals surface area contributed by atoms with E-state index in [4.69, 9.17) is 11.6 Å². The summed E-state index contributed by atoms with van der Waals surface area (Å²) in [5.74, 6) is 0.213. The van der Waals surface area contributed by atoms with E-state index in [1.807, 2.05) is 36.1 Å². The lowest BCUT2D eigenvalue weighted by molar-refractivity contribution is -0.134. The molecule has 0 radical (unpaired) electrons. The second-order valence-electron chi connectivity index (χ2n) is 8.25. The Morgan fingerprint density at radius 2 is 1.77 bits per heavy atom. The van der Waals surface area contributed by atoms with Crippen molar-refractivity contribution in [3.05, 3.63) is 70.9 Å². The average molecular weight is 439 g/mol. The van der Waals surface area contributed by atoms with Gasteiger partial charge in [0.2, 0.25) is 5.91 Å². The maximum Gasteiger partial charge on any atom is 0.239 e. The predicted octanol–water partition coefficient (Wildman–Crippen LogP) is 4.10. The number of amides is 1. The Morgan fingerprint density at radius 3 is 2.52 bits per heavy atom. The van der Waals surface area contributed by atoms with Crippen LogP contribution >= 0.6 is 11.6 Å². The molecule has 2 aromatic carbocycles. The van der Waals surface area contributed by atoms with Crippen LogP contribution in [0.5, 0.6) is 0 Å². The zero-order chi connectivity index (χ0) is 21.8. The molecule has 1 aromatic heterocycles. The molecule has 5 nitrogen and oxygen atoms in total. The number of H-pyrrole nitrogens is 1. The summed E-state index contributed by atoms with van der Waals surface area (Å²) in [4.78, 5) is 20.8. The Kier molecular flexibility index (Phi) is 6.96. The molecule has 31 heavy (non-hydrogen) atoms. The van der Waals surface area contributed by atoms with Gasteiger partial charge in [-0.25, -0.2) is 0 Å². The first-order chi connectivity index (χ1) is 15.1. The largest absolute Gasteiger partial charge is 0.361 e. The minimum atomic E-state index is -0.247. The third-order valence-corrected chi connectivity index (χ3v) is 6.75. The molecular weight excluding hydrogens is 408 g/mol. The number of para-hydroxylation sites is 1. The molecule has 1 aliphatic rings. The van der Waals surface area contributed by atoms with Crippen LogP contribution < -0.4 is 5.32 Å². The number of hydrogen-bond acceptors (Lipinski definition) is 3. The van der Waals surface area contributed by atoms with Gasteiger partial charge < -0.3 is 20.1 Å². The second kappa shape index (κ2) is 9.86. The van der Waals surface area contributed by atoms with Gasteiger partial charge in [0.15, 0.2) is 0 Å². The molecule has 2 N–H and O–H groups in total. The van der Waals surface area contributed by atoms with Crippen LogP contribution in [0.15, 0.2) is 54.7 Å². The molecule has 1 amide bonds. The van der Waals surface area contributed by atoms with Gasteiger partial charge in [-0.3, -0.25) is 4.79 Å². The topological polar surface area (TPSA) is 51.4 Å². The molecule has 0 bridgehead atoms. The molecule has 1 fully saturated rings. The van der Waals surface area contributed by atoms with Gasteiger partial charge in [-0.2, -0.15) is 0 Å². The number of nitrogens with zero attached hydrogens (tertiary/aromatic N) is 2. The van der Waals surface area contributed by atoms with Crippen LogP contribution in [-0.2, 0) is 4.79 Å². The SMILES string of the molecule is CCN1CCN(C(=O)[C@H](C)NC[C@@H](c2ccccc2Cl)c2c[nH]c3ccccc23)CC1. The molecule has 2 heterocycles. The van der Waals surface area contributed by atoms with E-state index in [1.165, 1.54) is 10.9 Å². The quantitative estimate of drug-likeness (QED) is 0.584. The Morgan fingerprint density at radius 1 is 1.06 bits per heavy atom. The van der Waals surface area contributed by atoms with Gasteiger partial charge in [-0.15, -0.1) is 0 Å². The number of likely N-dealkylation sites (N-methyl/N-ethyl adjacent to an activating group) is 1. The highest BCUT2D eigenvalue weighted by Gasteiger charge is 2.26. The highest BCUT2D eigenvalue weighted by molar-refractivity contribution is 6.31. The summed E-state index contributed by atoms with van der Waals surface area (Å²) in [6, 6.07) is 16.0. The highest BCUT2D eigenvalue weighted by atomic mass is 35.5. The summed E-state index contributed by atoms with van der Waals surface area (Å²) in [7, 11) is 0. The number of hydrogen-bond donors (Lipinski definition) is 2. The zero-order valence-corrected chi connectivity index (χ0v) is 19.0. The van der Waals surface area contributed by atoms with Crippen LogP contribution in [-0.4, -0.2) is 66.0 Å². The van der Waals surface area contributed by atoms with E-state index in [9.17, 15) is 4.79 Å². The molecular formula is C25H31ClN4O. The number of benzene rings is 2. The molecule has 0 aliphatic carbocycles. The number of carbonyl (C=O) groups is 1. The molecule has 0 saturated carbocycles. The minimum absolute atomic E-state index is 0.0389. The van der Waals surface area contributed by atoms with E-state index in [1.54, 1.807) is 0 Å². The predicted molar refractivity (Wildman–Crippen MR) is 128 cm³/mol. The Labute approximate surface area is 189 Å². The van der Waals surface area contributed by atoms with E-state index >= 15 is 0 Å². The monoisotopic (exact) mass is 438 g/mol. The van der Waals surface area contributed by atoms with Crippen LogP contribution in [0.4, 0.5) is 0 Å². The van der Waals surface area contributed by atoms with Crippen LogP contribution in [0, 0.1) is 0 Å². The van der Waals surface area contributed by atoms with Crippen molar-refractivity contribution in [2.75, 3.05) is 39.3 Å². The smallest absolute Gasteiger partial charge is 0.239 e. The average Bonchev–Trinajstić information content (AvgIpc) is 3.24. The molecule has 164 valence electrons. The Bertz CT molecular complexity index is 1030. The number of piperazine rings is 1. The van der Waals surface area contributed by atoms with Crippen molar-refractivity contribution in [1.29, 1.82) is 0 Å². The molecule has 3 aromatic rings. The minimum Gasteiger partial charge on any atom is -0.361 e. The van der Waals surface area contributed by atoms with Crippen molar-refractivity contribution in [2.24, 2.45) is 0 Å². The van der Waals surface area contributed by atoms with Crippen molar-refractivity contribution in [3.8, 4) is 0 Å². The maximum atomic E-state index is 13.0. The maximum absolute atomic E-state index is 13.0. The van der Waals surface area contributed by atoms with Gasteiger partial charge in [-0.05, 0) is 36.7 Å². The number of aromatic amines is 1. The van der Waals surface area contributed by atoms with Crippen LogP contribution in [0.2, 0.25) is 5.02 Å². The third-order valence-electron chi connectivity index (χ3n) is 6.41. The first-order valence-corrected chi connectivity index (χ1v) is 11.5. The number of fused-ring (bicyclic) bond motifs is 1. The summed E-state index contributed by atoms with van der Waals surface area (Å²) < 4.78 is 0. The summed E-state index contributed by atoms with van der Waals surface area (Å²) in [5.41, 5.74) is 3.36. The molecule has 1 aliphatic heterocycles. The fourth-order valence-electron chi connectivity index (χ4n) is 4.47. The van der Waals surface area contributed by atoms with E-state index in [2.05, 4.69) is 52.6 Å². The standard InChI is InChI=1S/C25H31ClN4O/c1-3-29-12-14-30(15-13-29)25(31)18(2)27-16-21(19-8-4-6-10-23(19)26)22-17-28-24-11-7-5-9-20(22)24/h4-11,17-18,21,27-28H,3,12-16H2,1-2H3/t18-,21-/m0/s1. The first-order valence-electron chi connectivity index (χ1n) is 11.1. The van der Waals surface area contributed by atoms with Crippen LogP contribution in [0.25, 0.3) is 10.9 Å². The Hall–Kier alpha value is -2.34. The van der Waals surface area contributed by atoms with E-state index < -0.39 is 0 Å². The number of halogens is 1. The molecule has 2 atom stereocenters. The molecule has 4 rings (SSSR count). The lowest BCUT2D eigenvalue weighted by atomic mass is 9.90. The summed E-state index contributed by atoms with van der Waals surface area (Å²) in [6.45, 7) is 9.31. The third kappa shape index (κ3) is 4.79. The summed E-state index contributed by atoms with van der Waals surface area (Å²) in [6.07, 6.45) is 2.07. The van der Waals surface area contributed by atoms with Crippen molar-refractivity contribution in [1.82, 2.24) is 20.1 Å². The van der Waals surface area contributed by atoms with Gasteiger partial charge in [0.25, 0.3) is 0 Å². The Balaban J connectivity index is 1.52. The lowest BCUT2D eigenvalue weighted by Crippen LogP contribution is -2.53. The van der Waals surface area contributed by atoms with Gasteiger partial charge in [0.05, 0.1) is 6.04 Å². The van der Waals surface area contributed by atoms with Crippen molar-refractivity contribution < 1.29 is 4.79 Å². The van der Waals surface area contributed by atoms with E-state index in [0.29, 0.717) is 6.54 Å². The summed E-state index contributed by atoms with van der Waals surface area (Å²) >= 11 is 6.60. The molecule has 6 heteroatoms. The van der Waals surface area contributed by atoms with E-state index in [0.717, 1.165) is 48.8 Å². The lowest BCUT2D eigenvalue weighted by Gasteiger charge is -2.35. The van der Waals surface area contributed by atoms with Crippen molar-refractivity contribution >= 4 is 28.4 Å². The number of nitrogens with one attached hydrogen (secondary N) is 2. The molecule has 0 spiro atoms. The number of carbonyl (C=O) groups excluding carboxylic acids is 1. The van der Waals surface area contributed by atoms with Gasteiger partial charge >= 0.3 is 0 Å². The first kappa shape index (κ1) is 21.9. The van der Waals surface area contributed by atoms with Crippen LogP contribution in [0.1, 0.15) is 30.9 Å². The van der Waals surface area contributed by atoms with Gasteiger partial charge in [0, 0.05) is 60.8 Å². The number of rotatable bonds is 7. The van der Waals surface area contributed by atoms with Gasteiger partial charge in [-0.1, -0.05) is 54.9 Å². The van der Waals surface area contributed by atoms with Crippen molar-refractivity contribution in [2.45, 2.75) is 25.8 Å². The second-order valence-corrected chi connectivity index (χ2v) is 8.66. The van der Waals surface area contributed by atoms with E-state index in [-0.39, 0.29) is 17.9 Å². The number of aromatic nitrogens is 1. The fraction of sp³-hybridized carbons (Fsp3) is 0.400. The van der Waals surface area contributed by atoms with Gasteiger partial charge in [0.1, 0.15) is 0 Å². The highest BCUT2D eigenvalue weighted by Crippen LogP contribution is 2.34. The van der Waals surface area contributed by atoms with Crippen LogP contribution in [0.3, 0.4) is 0 Å². The molecule has 1 saturated heterocycles. The normalized spacial score (nSPS) is 17.1.